The fourth-order valence-corrected chi connectivity index (χ4v) is 3.95. The quantitative estimate of drug-likeness (QED) is 0.493. The van der Waals surface area contributed by atoms with Gasteiger partial charge in [0.2, 0.25) is 0 Å². The van der Waals surface area contributed by atoms with Gasteiger partial charge < -0.3 is 4.74 Å². The molecule has 0 unspecified atom stereocenters. The molecule has 0 N–H and O–H groups in total. The Labute approximate surface area is 170 Å². The average molecular weight is 405 g/mol. The summed E-state index contributed by atoms with van der Waals surface area (Å²) in [6, 6.07) is 12.3. The molecular weight excluding hydrogens is 389 g/mol. The Morgan fingerprint density at radius 1 is 1.00 bits per heavy atom. The fourth-order valence-electron chi connectivity index (χ4n) is 3.95. The summed E-state index contributed by atoms with van der Waals surface area (Å²) < 4.78 is 20.2. The molecule has 2 amide bonds. The van der Waals surface area contributed by atoms with E-state index in [1.165, 1.54) is 12.1 Å². The van der Waals surface area contributed by atoms with Crippen molar-refractivity contribution < 1.29 is 23.5 Å². The normalized spacial score (nSPS) is 14.8. The van der Waals surface area contributed by atoms with E-state index in [2.05, 4.69) is 5.10 Å². The van der Waals surface area contributed by atoms with Crippen molar-refractivity contribution in [1.29, 1.82) is 0 Å². The molecule has 0 saturated heterocycles. The second kappa shape index (κ2) is 6.91. The number of fused-ring (bicyclic) bond motifs is 2. The number of carbonyl (C=O) groups excluding carboxylic acids is 3. The second-order valence-electron chi connectivity index (χ2n) is 7.16. The molecule has 0 saturated carbocycles. The van der Waals surface area contributed by atoms with E-state index in [1.807, 2.05) is 0 Å². The van der Waals surface area contributed by atoms with Gasteiger partial charge in [0, 0.05) is 11.3 Å². The molecule has 0 bridgehead atoms. The molecule has 30 heavy (non-hydrogen) atoms. The van der Waals surface area contributed by atoms with Gasteiger partial charge in [-0.2, -0.15) is 5.10 Å². The first-order valence-corrected chi connectivity index (χ1v) is 9.53. The predicted octanol–water partition coefficient (Wildman–Crippen LogP) is 2.91. The SMILES string of the molecule is O=C(OCN1C(=O)c2ccccc2C1=O)c1nn(-c2ccc(F)cc2)c2c1CCC2. The number of benzene rings is 2. The summed E-state index contributed by atoms with van der Waals surface area (Å²) in [5, 5.41) is 4.39. The van der Waals surface area contributed by atoms with Crippen molar-refractivity contribution in [2.75, 3.05) is 6.73 Å². The zero-order valence-electron chi connectivity index (χ0n) is 15.8. The smallest absolute Gasteiger partial charge is 0.360 e. The van der Waals surface area contributed by atoms with Crippen molar-refractivity contribution >= 4 is 17.8 Å². The number of aromatic nitrogens is 2. The van der Waals surface area contributed by atoms with Gasteiger partial charge in [0.15, 0.2) is 12.4 Å². The summed E-state index contributed by atoms with van der Waals surface area (Å²) in [7, 11) is 0. The highest BCUT2D eigenvalue weighted by Crippen LogP contribution is 2.29. The molecule has 0 spiro atoms. The van der Waals surface area contributed by atoms with Gasteiger partial charge in [-0.15, -0.1) is 0 Å². The molecular formula is C22H16FN3O4. The van der Waals surface area contributed by atoms with Gasteiger partial charge in [0.1, 0.15) is 5.82 Å². The molecule has 2 aliphatic rings. The van der Waals surface area contributed by atoms with Gasteiger partial charge in [-0.1, -0.05) is 12.1 Å². The molecule has 8 heteroatoms. The van der Waals surface area contributed by atoms with Crippen LogP contribution < -0.4 is 0 Å². The van der Waals surface area contributed by atoms with Crippen LogP contribution in [0.15, 0.2) is 48.5 Å². The lowest BCUT2D eigenvalue weighted by Gasteiger charge is -2.13. The standard InChI is InChI=1S/C22H16FN3O4/c23-13-8-10-14(11-9-13)26-18-7-3-6-17(18)19(24-26)22(29)30-12-25-20(27)15-4-1-2-5-16(15)21(25)28/h1-2,4-5,8-11H,3,6-7,12H2. The Hall–Kier alpha value is -3.81. The van der Waals surface area contributed by atoms with E-state index >= 15 is 0 Å². The number of hydrogen-bond acceptors (Lipinski definition) is 5. The number of ether oxygens (including phenoxy) is 1. The molecule has 7 nitrogen and oxygen atoms in total. The minimum Gasteiger partial charge on any atom is -0.439 e. The highest BCUT2D eigenvalue weighted by atomic mass is 19.1. The third kappa shape index (κ3) is 2.80. The van der Waals surface area contributed by atoms with Crippen LogP contribution in [0.1, 0.15) is 48.9 Å². The zero-order valence-corrected chi connectivity index (χ0v) is 15.8. The largest absolute Gasteiger partial charge is 0.439 e. The van der Waals surface area contributed by atoms with Crippen LogP contribution in [-0.2, 0) is 17.6 Å². The average Bonchev–Trinajstić information content (AvgIpc) is 3.42. The first-order chi connectivity index (χ1) is 14.5. The number of hydrogen-bond donors (Lipinski definition) is 0. The van der Waals surface area contributed by atoms with E-state index in [-0.39, 0.29) is 11.5 Å². The van der Waals surface area contributed by atoms with Crippen molar-refractivity contribution in [2.24, 2.45) is 0 Å². The lowest BCUT2D eigenvalue weighted by molar-refractivity contribution is 0.0222. The van der Waals surface area contributed by atoms with Crippen LogP contribution in [0, 0.1) is 5.82 Å². The molecule has 0 atom stereocenters. The summed E-state index contributed by atoms with van der Waals surface area (Å²) >= 11 is 0. The lowest BCUT2D eigenvalue weighted by Crippen LogP contribution is -2.33. The van der Waals surface area contributed by atoms with Crippen LogP contribution in [0.4, 0.5) is 4.39 Å². The number of carbonyl (C=O) groups is 3. The Morgan fingerprint density at radius 2 is 1.67 bits per heavy atom. The van der Waals surface area contributed by atoms with E-state index in [9.17, 15) is 18.8 Å². The minimum atomic E-state index is -0.703. The van der Waals surface area contributed by atoms with Crippen molar-refractivity contribution in [2.45, 2.75) is 19.3 Å². The Kier molecular flexibility index (Phi) is 4.20. The summed E-state index contributed by atoms with van der Waals surface area (Å²) in [4.78, 5) is 38.5. The van der Waals surface area contributed by atoms with Gasteiger partial charge in [0.25, 0.3) is 11.8 Å². The molecule has 1 aromatic heterocycles. The van der Waals surface area contributed by atoms with Gasteiger partial charge in [-0.25, -0.2) is 18.8 Å². The predicted molar refractivity (Wildman–Crippen MR) is 103 cm³/mol. The van der Waals surface area contributed by atoms with Gasteiger partial charge in [0.05, 0.1) is 16.8 Å². The van der Waals surface area contributed by atoms with Crippen LogP contribution in [0.25, 0.3) is 5.69 Å². The lowest BCUT2D eigenvalue weighted by atomic mass is 10.1. The van der Waals surface area contributed by atoms with E-state index in [4.69, 9.17) is 4.74 Å². The van der Waals surface area contributed by atoms with Gasteiger partial charge in [-0.3, -0.25) is 9.59 Å². The third-order valence-corrected chi connectivity index (χ3v) is 5.40. The van der Waals surface area contributed by atoms with Crippen molar-refractivity contribution in [3.8, 4) is 5.69 Å². The monoisotopic (exact) mass is 405 g/mol. The summed E-state index contributed by atoms with van der Waals surface area (Å²) in [5.74, 6) is -2.05. The molecule has 0 radical (unpaired) electrons. The molecule has 2 aromatic carbocycles. The van der Waals surface area contributed by atoms with E-state index in [0.29, 0.717) is 23.2 Å². The Balaban J connectivity index is 1.38. The van der Waals surface area contributed by atoms with Crippen LogP contribution in [0.2, 0.25) is 0 Å². The third-order valence-electron chi connectivity index (χ3n) is 5.40. The second-order valence-corrected chi connectivity index (χ2v) is 7.16. The maximum atomic E-state index is 13.3. The zero-order chi connectivity index (χ0) is 20.8. The fraction of sp³-hybridized carbons (Fsp3) is 0.182. The topological polar surface area (TPSA) is 81.5 Å². The van der Waals surface area contributed by atoms with Crippen LogP contribution >= 0.6 is 0 Å². The molecule has 1 aliphatic heterocycles. The van der Waals surface area contributed by atoms with Crippen molar-refractivity contribution in [3.05, 3.63) is 82.4 Å². The summed E-state index contributed by atoms with van der Waals surface area (Å²) in [6.07, 6.45) is 2.28. The Morgan fingerprint density at radius 3 is 2.33 bits per heavy atom. The number of esters is 1. The van der Waals surface area contributed by atoms with E-state index in [0.717, 1.165) is 29.0 Å². The molecule has 5 rings (SSSR count). The number of nitrogens with zero attached hydrogens (tertiary/aromatic N) is 3. The van der Waals surface area contributed by atoms with Crippen LogP contribution in [0.5, 0.6) is 0 Å². The molecule has 3 aromatic rings. The first-order valence-electron chi connectivity index (χ1n) is 9.53. The van der Waals surface area contributed by atoms with E-state index < -0.39 is 24.5 Å². The number of imide groups is 1. The van der Waals surface area contributed by atoms with Gasteiger partial charge in [-0.05, 0) is 55.7 Å². The van der Waals surface area contributed by atoms with Crippen LogP contribution in [0.3, 0.4) is 0 Å². The van der Waals surface area contributed by atoms with Crippen molar-refractivity contribution in [1.82, 2.24) is 14.7 Å². The number of halogens is 1. The minimum absolute atomic E-state index is 0.156. The maximum Gasteiger partial charge on any atom is 0.360 e. The van der Waals surface area contributed by atoms with Crippen LogP contribution in [-0.4, -0.2) is 39.2 Å². The maximum absolute atomic E-state index is 13.3. The molecule has 150 valence electrons. The summed E-state index contributed by atoms with van der Waals surface area (Å²) in [5.41, 5.74) is 3.05. The molecule has 0 fully saturated rings. The first kappa shape index (κ1) is 18.2. The molecule has 1 aliphatic carbocycles. The Bertz CT molecular complexity index is 1160. The highest BCUT2D eigenvalue weighted by molar-refractivity contribution is 6.21. The van der Waals surface area contributed by atoms with Crippen molar-refractivity contribution in [3.63, 3.8) is 0 Å². The van der Waals surface area contributed by atoms with Gasteiger partial charge >= 0.3 is 5.97 Å². The van der Waals surface area contributed by atoms with E-state index in [1.54, 1.807) is 41.1 Å². The molecule has 2 heterocycles. The number of rotatable bonds is 4. The number of amides is 2. The highest BCUT2D eigenvalue weighted by Gasteiger charge is 2.36. The summed E-state index contributed by atoms with van der Waals surface area (Å²) in [6.45, 7) is -0.483.